The van der Waals surface area contributed by atoms with E-state index < -0.39 is 0 Å². The van der Waals surface area contributed by atoms with Crippen LogP contribution in [0, 0.1) is 6.92 Å². The van der Waals surface area contributed by atoms with E-state index in [1.165, 1.54) is 0 Å². The highest BCUT2D eigenvalue weighted by molar-refractivity contribution is 9.10. The second-order valence-corrected chi connectivity index (χ2v) is 6.29. The first-order valence-corrected chi connectivity index (χ1v) is 8.31. The van der Waals surface area contributed by atoms with E-state index in [4.69, 9.17) is 12.2 Å². The summed E-state index contributed by atoms with van der Waals surface area (Å²) in [5.74, 6) is -0.461. The van der Waals surface area contributed by atoms with Crippen LogP contribution in [0.5, 0.6) is 0 Å². The molecule has 0 unspecified atom stereocenters. The smallest absolute Gasteiger partial charge is 0.257 e. The van der Waals surface area contributed by atoms with Crippen LogP contribution in [0.3, 0.4) is 0 Å². The van der Waals surface area contributed by atoms with Crippen molar-refractivity contribution in [2.75, 3.05) is 12.4 Å². The lowest BCUT2D eigenvalue weighted by Gasteiger charge is -2.10. The van der Waals surface area contributed by atoms with Crippen LogP contribution in [0.15, 0.2) is 46.9 Å². The Kier molecular flexibility index (Phi) is 6.05. The van der Waals surface area contributed by atoms with Crippen LogP contribution in [0.4, 0.5) is 5.69 Å². The number of carbonyl (C=O) groups is 2. The number of halogens is 1. The molecule has 7 heteroatoms. The second kappa shape index (κ2) is 8.03. The number of carbonyl (C=O) groups excluding carboxylic acids is 2. The van der Waals surface area contributed by atoms with Gasteiger partial charge in [-0.2, -0.15) is 0 Å². The number of aryl methyl sites for hydroxylation is 1. The molecule has 24 heavy (non-hydrogen) atoms. The third-order valence-corrected chi connectivity index (χ3v) is 4.35. The molecule has 2 aromatic carbocycles. The Morgan fingerprint density at radius 1 is 1.00 bits per heavy atom. The van der Waals surface area contributed by atoms with E-state index in [-0.39, 0.29) is 16.9 Å². The molecule has 0 saturated heterocycles. The fourth-order valence-electron chi connectivity index (χ4n) is 1.92. The molecule has 0 aliphatic carbocycles. The molecule has 5 nitrogen and oxygen atoms in total. The summed E-state index contributed by atoms with van der Waals surface area (Å²) < 4.78 is 0.860. The quantitative estimate of drug-likeness (QED) is 0.685. The van der Waals surface area contributed by atoms with Gasteiger partial charge >= 0.3 is 0 Å². The topological polar surface area (TPSA) is 70.2 Å². The summed E-state index contributed by atoms with van der Waals surface area (Å²) in [5.41, 5.74) is 2.77. The average molecular weight is 406 g/mol. The van der Waals surface area contributed by atoms with Gasteiger partial charge in [0.1, 0.15) is 0 Å². The van der Waals surface area contributed by atoms with Crippen molar-refractivity contribution in [1.82, 2.24) is 10.6 Å². The van der Waals surface area contributed by atoms with Gasteiger partial charge in [0.05, 0.1) is 0 Å². The third kappa shape index (κ3) is 4.62. The molecule has 0 aliphatic heterocycles. The van der Waals surface area contributed by atoms with Gasteiger partial charge in [0, 0.05) is 28.3 Å². The molecular weight excluding hydrogens is 390 g/mol. The van der Waals surface area contributed by atoms with Gasteiger partial charge in [-0.3, -0.25) is 14.9 Å². The molecule has 2 aromatic rings. The van der Waals surface area contributed by atoms with Crippen LogP contribution >= 0.6 is 28.1 Å². The Balaban J connectivity index is 1.98. The van der Waals surface area contributed by atoms with Crippen LogP contribution in [0.25, 0.3) is 0 Å². The molecule has 2 rings (SSSR count). The van der Waals surface area contributed by atoms with Crippen LogP contribution in [0.1, 0.15) is 26.3 Å². The maximum Gasteiger partial charge on any atom is 0.257 e. The van der Waals surface area contributed by atoms with E-state index >= 15 is 0 Å². The van der Waals surface area contributed by atoms with Crippen molar-refractivity contribution < 1.29 is 9.59 Å². The number of rotatable bonds is 3. The van der Waals surface area contributed by atoms with Crippen molar-refractivity contribution in [3.05, 3.63) is 63.6 Å². The normalized spacial score (nSPS) is 9.96. The van der Waals surface area contributed by atoms with E-state index in [2.05, 4.69) is 31.9 Å². The van der Waals surface area contributed by atoms with Gasteiger partial charge in [0.25, 0.3) is 11.8 Å². The summed E-state index contributed by atoms with van der Waals surface area (Å²) in [6, 6.07) is 12.1. The zero-order chi connectivity index (χ0) is 17.7. The van der Waals surface area contributed by atoms with Crippen molar-refractivity contribution in [3.63, 3.8) is 0 Å². The van der Waals surface area contributed by atoms with Crippen LogP contribution in [-0.4, -0.2) is 24.0 Å². The molecule has 0 heterocycles. The first-order chi connectivity index (χ1) is 11.4. The highest BCUT2D eigenvalue weighted by Crippen LogP contribution is 2.17. The fourth-order valence-corrected chi connectivity index (χ4v) is 2.51. The zero-order valence-corrected chi connectivity index (χ0v) is 15.5. The molecule has 124 valence electrons. The van der Waals surface area contributed by atoms with Crippen LogP contribution in [0.2, 0.25) is 0 Å². The lowest BCUT2D eigenvalue weighted by atomic mass is 10.1. The first kappa shape index (κ1) is 18.1. The van der Waals surface area contributed by atoms with Crippen molar-refractivity contribution in [2.24, 2.45) is 0 Å². The molecule has 0 aromatic heterocycles. The Morgan fingerprint density at radius 3 is 2.21 bits per heavy atom. The first-order valence-electron chi connectivity index (χ1n) is 7.11. The van der Waals surface area contributed by atoms with Gasteiger partial charge < -0.3 is 10.6 Å². The van der Waals surface area contributed by atoms with Crippen molar-refractivity contribution in [3.8, 4) is 0 Å². The Bertz CT molecular complexity index is 791. The summed E-state index contributed by atoms with van der Waals surface area (Å²) in [4.78, 5) is 23.7. The maximum absolute atomic E-state index is 12.2. The molecule has 2 amide bonds. The third-order valence-electron chi connectivity index (χ3n) is 3.29. The summed E-state index contributed by atoms with van der Waals surface area (Å²) in [6.45, 7) is 1.94. The molecule has 0 saturated carbocycles. The summed E-state index contributed by atoms with van der Waals surface area (Å²) in [7, 11) is 1.57. The monoisotopic (exact) mass is 405 g/mol. The second-order valence-electron chi connectivity index (χ2n) is 5.03. The maximum atomic E-state index is 12.2. The van der Waals surface area contributed by atoms with Crippen LogP contribution in [-0.2, 0) is 0 Å². The van der Waals surface area contributed by atoms with Crippen molar-refractivity contribution in [2.45, 2.75) is 6.92 Å². The molecule has 0 radical (unpaired) electrons. The number of benzene rings is 2. The highest BCUT2D eigenvalue weighted by atomic mass is 79.9. The molecular formula is C17H16BrN3O2S. The fraction of sp³-hybridized carbons (Fsp3) is 0.118. The number of amides is 2. The number of thiocarbonyl (C=S) groups is 1. The molecule has 0 spiro atoms. The van der Waals surface area contributed by atoms with E-state index in [9.17, 15) is 9.59 Å². The molecule has 0 bridgehead atoms. The SMILES string of the molecule is CNC(=O)c1ccc(NC(=S)NC(=O)c2ccc(C)c(Br)c2)cc1. The van der Waals surface area contributed by atoms with Gasteiger partial charge in [-0.05, 0) is 61.1 Å². The van der Waals surface area contributed by atoms with Crippen molar-refractivity contribution >= 4 is 50.8 Å². The lowest BCUT2D eigenvalue weighted by molar-refractivity contribution is 0.0959. The van der Waals surface area contributed by atoms with E-state index in [0.717, 1.165) is 10.0 Å². The predicted octanol–water partition coefficient (Wildman–Crippen LogP) is 3.24. The van der Waals surface area contributed by atoms with Gasteiger partial charge in [0.2, 0.25) is 0 Å². The Morgan fingerprint density at radius 2 is 1.62 bits per heavy atom. The summed E-state index contributed by atoms with van der Waals surface area (Å²) in [6.07, 6.45) is 0. The molecule has 0 atom stereocenters. The zero-order valence-electron chi connectivity index (χ0n) is 13.1. The molecule has 0 fully saturated rings. The van der Waals surface area contributed by atoms with Gasteiger partial charge in [-0.25, -0.2) is 0 Å². The van der Waals surface area contributed by atoms with E-state index in [1.807, 2.05) is 13.0 Å². The summed E-state index contributed by atoms with van der Waals surface area (Å²) >= 11 is 8.54. The van der Waals surface area contributed by atoms with E-state index in [0.29, 0.717) is 16.8 Å². The minimum Gasteiger partial charge on any atom is -0.355 e. The van der Waals surface area contributed by atoms with Gasteiger partial charge in [0.15, 0.2) is 5.11 Å². The Hall–Kier alpha value is -2.25. The minimum atomic E-state index is -0.296. The van der Waals surface area contributed by atoms with Crippen LogP contribution < -0.4 is 16.0 Å². The predicted molar refractivity (Wildman–Crippen MR) is 102 cm³/mol. The highest BCUT2D eigenvalue weighted by Gasteiger charge is 2.10. The van der Waals surface area contributed by atoms with Gasteiger partial charge in [-0.15, -0.1) is 0 Å². The Labute approximate surface area is 154 Å². The number of hydrogen-bond acceptors (Lipinski definition) is 3. The standard InChI is InChI=1S/C17H16BrN3O2S/c1-10-3-4-12(9-14(10)18)16(23)21-17(24)20-13-7-5-11(6-8-13)15(22)19-2/h3-9H,1-2H3,(H,19,22)(H2,20,21,23,24). The largest absolute Gasteiger partial charge is 0.355 e. The minimum absolute atomic E-state index is 0.164. The van der Waals surface area contributed by atoms with Gasteiger partial charge in [-0.1, -0.05) is 22.0 Å². The lowest BCUT2D eigenvalue weighted by Crippen LogP contribution is -2.34. The molecule has 0 aliphatic rings. The number of nitrogens with one attached hydrogen (secondary N) is 3. The molecule has 3 N–H and O–H groups in total. The number of hydrogen-bond donors (Lipinski definition) is 3. The van der Waals surface area contributed by atoms with Crippen molar-refractivity contribution in [1.29, 1.82) is 0 Å². The summed E-state index contributed by atoms with van der Waals surface area (Å²) in [5, 5.41) is 8.26. The van der Waals surface area contributed by atoms with E-state index in [1.54, 1.807) is 43.4 Å². The average Bonchev–Trinajstić information content (AvgIpc) is 2.57. The number of anilines is 1.